The van der Waals surface area contributed by atoms with Crippen LogP contribution < -0.4 is 15.4 Å². The fourth-order valence-electron chi connectivity index (χ4n) is 3.10. The minimum atomic E-state index is -0.618. The van der Waals surface area contributed by atoms with E-state index in [0.717, 1.165) is 0 Å². The highest BCUT2D eigenvalue weighted by Gasteiger charge is 2.24. The average molecular weight is 404 g/mol. The standard InChI is InChI=1S/C23H17FN2O4/c1-29-18-11-4-3-10-17(18)22(27)26-20-16-9-2-5-12-19(16)30-21(20)23(28)25-15-8-6-7-14(24)13-15/h2-13H,1H3,(H,25,28)(H,26,27). The van der Waals surface area contributed by atoms with E-state index in [9.17, 15) is 14.0 Å². The molecule has 0 radical (unpaired) electrons. The third-order valence-electron chi connectivity index (χ3n) is 4.47. The molecule has 1 aromatic heterocycles. The van der Waals surface area contributed by atoms with Crippen molar-refractivity contribution in [2.75, 3.05) is 17.7 Å². The Bertz CT molecular complexity index is 1250. The predicted molar refractivity (Wildman–Crippen MR) is 112 cm³/mol. The zero-order valence-corrected chi connectivity index (χ0v) is 15.9. The number of methoxy groups -OCH3 is 1. The van der Waals surface area contributed by atoms with Gasteiger partial charge in [0.25, 0.3) is 11.8 Å². The van der Waals surface area contributed by atoms with Crippen LogP contribution in [0.3, 0.4) is 0 Å². The first-order valence-electron chi connectivity index (χ1n) is 9.09. The van der Waals surface area contributed by atoms with E-state index in [0.29, 0.717) is 22.3 Å². The minimum absolute atomic E-state index is 0.0938. The van der Waals surface area contributed by atoms with Crippen LogP contribution in [0, 0.1) is 5.82 Å². The molecule has 30 heavy (non-hydrogen) atoms. The molecule has 150 valence electrons. The van der Waals surface area contributed by atoms with Gasteiger partial charge >= 0.3 is 0 Å². The molecule has 0 fully saturated rings. The van der Waals surface area contributed by atoms with E-state index in [1.807, 2.05) is 0 Å². The van der Waals surface area contributed by atoms with Crippen LogP contribution in [0.1, 0.15) is 20.9 Å². The topological polar surface area (TPSA) is 80.6 Å². The fourth-order valence-corrected chi connectivity index (χ4v) is 3.10. The van der Waals surface area contributed by atoms with E-state index >= 15 is 0 Å². The Morgan fingerprint density at radius 2 is 1.67 bits per heavy atom. The van der Waals surface area contributed by atoms with E-state index in [2.05, 4.69) is 10.6 Å². The van der Waals surface area contributed by atoms with Crippen molar-refractivity contribution < 1.29 is 23.1 Å². The second-order valence-corrected chi connectivity index (χ2v) is 6.42. The Hall–Kier alpha value is -4.13. The van der Waals surface area contributed by atoms with Crippen molar-refractivity contribution >= 4 is 34.2 Å². The Balaban J connectivity index is 1.71. The van der Waals surface area contributed by atoms with E-state index in [-0.39, 0.29) is 17.1 Å². The molecule has 0 saturated carbocycles. The van der Waals surface area contributed by atoms with Crippen molar-refractivity contribution in [3.05, 3.63) is 89.9 Å². The van der Waals surface area contributed by atoms with E-state index in [1.165, 1.54) is 25.3 Å². The summed E-state index contributed by atoms with van der Waals surface area (Å²) in [5.41, 5.74) is 1.22. The molecule has 3 aromatic carbocycles. The van der Waals surface area contributed by atoms with Crippen molar-refractivity contribution in [1.29, 1.82) is 0 Å². The predicted octanol–water partition coefficient (Wildman–Crippen LogP) is 5.09. The smallest absolute Gasteiger partial charge is 0.293 e. The molecule has 1 heterocycles. The number of carbonyl (C=O) groups is 2. The van der Waals surface area contributed by atoms with Crippen LogP contribution in [0.2, 0.25) is 0 Å². The number of hydrogen-bond donors (Lipinski definition) is 2. The van der Waals surface area contributed by atoms with Gasteiger partial charge in [0, 0.05) is 11.1 Å². The summed E-state index contributed by atoms with van der Waals surface area (Å²) in [6.07, 6.45) is 0. The van der Waals surface area contributed by atoms with Gasteiger partial charge in [-0.05, 0) is 42.5 Å². The number of amides is 2. The van der Waals surface area contributed by atoms with Gasteiger partial charge in [0.1, 0.15) is 22.8 Å². The first-order valence-corrected chi connectivity index (χ1v) is 9.09. The lowest BCUT2D eigenvalue weighted by molar-refractivity contribution is 0.0999. The summed E-state index contributed by atoms with van der Waals surface area (Å²) in [5.74, 6) is -1.26. The number of halogens is 1. The lowest BCUT2D eigenvalue weighted by Crippen LogP contribution is -2.17. The number of nitrogens with one attached hydrogen (secondary N) is 2. The first-order chi connectivity index (χ1) is 14.6. The molecule has 6 nitrogen and oxygen atoms in total. The fraction of sp³-hybridized carbons (Fsp3) is 0.0435. The van der Waals surface area contributed by atoms with Crippen LogP contribution in [0.4, 0.5) is 15.8 Å². The largest absolute Gasteiger partial charge is 0.496 e. The third-order valence-corrected chi connectivity index (χ3v) is 4.47. The number of anilines is 2. The molecule has 0 saturated heterocycles. The van der Waals surface area contributed by atoms with Crippen LogP contribution in [-0.4, -0.2) is 18.9 Å². The highest BCUT2D eigenvalue weighted by molar-refractivity contribution is 6.17. The van der Waals surface area contributed by atoms with Crippen molar-refractivity contribution in [1.82, 2.24) is 0 Å². The van der Waals surface area contributed by atoms with Gasteiger partial charge in [0.15, 0.2) is 0 Å². The summed E-state index contributed by atoms with van der Waals surface area (Å²) in [7, 11) is 1.47. The van der Waals surface area contributed by atoms with Crippen molar-refractivity contribution in [3.8, 4) is 5.75 Å². The number of benzene rings is 3. The van der Waals surface area contributed by atoms with Crippen LogP contribution >= 0.6 is 0 Å². The Morgan fingerprint density at radius 1 is 0.900 bits per heavy atom. The summed E-state index contributed by atoms with van der Waals surface area (Å²) in [6, 6.07) is 19.2. The molecule has 0 atom stereocenters. The highest BCUT2D eigenvalue weighted by Crippen LogP contribution is 2.32. The lowest BCUT2D eigenvalue weighted by atomic mass is 10.1. The molecule has 0 unspecified atom stereocenters. The van der Waals surface area contributed by atoms with Gasteiger partial charge in [-0.2, -0.15) is 0 Å². The maximum absolute atomic E-state index is 13.5. The summed E-state index contributed by atoms with van der Waals surface area (Å²) < 4.78 is 24.4. The second-order valence-electron chi connectivity index (χ2n) is 6.42. The molecule has 0 bridgehead atoms. The number of furan rings is 1. The van der Waals surface area contributed by atoms with Crippen LogP contribution in [0.5, 0.6) is 5.75 Å². The van der Waals surface area contributed by atoms with Gasteiger partial charge in [-0.25, -0.2) is 4.39 Å². The SMILES string of the molecule is COc1ccccc1C(=O)Nc1c(C(=O)Nc2cccc(F)c2)oc2ccccc12. The molecular formula is C23H17FN2O4. The number of ether oxygens (including phenoxy) is 1. The number of carbonyl (C=O) groups excluding carboxylic acids is 2. The molecule has 0 aliphatic carbocycles. The second kappa shape index (κ2) is 8.08. The Morgan fingerprint density at radius 3 is 2.47 bits per heavy atom. The number of rotatable bonds is 5. The maximum Gasteiger partial charge on any atom is 0.293 e. The van der Waals surface area contributed by atoms with Crippen molar-refractivity contribution in [3.63, 3.8) is 0 Å². The summed E-state index contributed by atoms with van der Waals surface area (Å²) in [5, 5.41) is 5.90. The van der Waals surface area contributed by atoms with Crippen molar-refractivity contribution in [2.45, 2.75) is 0 Å². The van der Waals surface area contributed by atoms with Gasteiger partial charge in [-0.1, -0.05) is 30.3 Å². The third kappa shape index (κ3) is 3.73. The molecule has 2 N–H and O–H groups in total. The van der Waals surface area contributed by atoms with Gasteiger partial charge in [0.05, 0.1) is 12.7 Å². The molecule has 7 heteroatoms. The zero-order valence-electron chi connectivity index (χ0n) is 15.9. The quantitative estimate of drug-likeness (QED) is 0.486. The Labute approximate surface area is 171 Å². The lowest BCUT2D eigenvalue weighted by Gasteiger charge is -2.10. The zero-order chi connectivity index (χ0) is 21.1. The van der Waals surface area contributed by atoms with E-state index in [4.69, 9.17) is 9.15 Å². The van der Waals surface area contributed by atoms with Gasteiger partial charge in [-0.15, -0.1) is 0 Å². The minimum Gasteiger partial charge on any atom is -0.496 e. The summed E-state index contributed by atoms with van der Waals surface area (Å²) in [4.78, 5) is 25.8. The normalized spacial score (nSPS) is 10.6. The number of para-hydroxylation sites is 2. The van der Waals surface area contributed by atoms with E-state index < -0.39 is 17.6 Å². The monoisotopic (exact) mass is 404 g/mol. The summed E-state index contributed by atoms with van der Waals surface area (Å²) in [6.45, 7) is 0. The number of fused-ring (bicyclic) bond motifs is 1. The Kier molecular flexibility index (Phi) is 5.17. The van der Waals surface area contributed by atoms with E-state index in [1.54, 1.807) is 54.6 Å². The molecular weight excluding hydrogens is 387 g/mol. The molecule has 0 aliphatic rings. The molecule has 4 aromatic rings. The van der Waals surface area contributed by atoms with Crippen LogP contribution in [0.25, 0.3) is 11.0 Å². The van der Waals surface area contributed by atoms with Gasteiger partial charge in [-0.3, -0.25) is 9.59 Å². The number of hydrogen-bond acceptors (Lipinski definition) is 4. The molecule has 0 spiro atoms. The molecule has 2 amide bonds. The van der Waals surface area contributed by atoms with Crippen LogP contribution in [0.15, 0.2) is 77.2 Å². The average Bonchev–Trinajstić information content (AvgIpc) is 3.12. The van der Waals surface area contributed by atoms with Crippen molar-refractivity contribution in [2.24, 2.45) is 0 Å². The molecule has 4 rings (SSSR count). The maximum atomic E-state index is 13.5. The highest BCUT2D eigenvalue weighted by atomic mass is 19.1. The first kappa shape index (κ1) is 19.2. The summed E-state index contributed by atoms with van der Waals surface area (Å²) >= 11 is 0. The molecule has 0 aliphatic heterocycles. The van der Waals surface area contributed by atoms with Crippen LogP contribution in [-0.2, 0) is 0 Å². The van der Waals surface area contributed by atoms with Gasteiger partial charge in [0.2, 0.25) is 5.76 Å². The van der Waals surface area contributed by atoms with Gasteiger partial charge < -0.3 is 19.8 Å².